The third-order valence-electron chi connectivity index (χ3n) is 2.66. The number of halogens is 2. The SMILES string of the molecule is [2H]C([2H])([18F])Sc1cc(Nc2n[nH]c3cccnc23)ccc1F. The highest BCUT2D eigenvalue weighted by molar-refractivity contribution is 7.99. The van der Waals surface area contributed by atoms with Crippen molar-refractivity contribution >= 4 is 34.3 Å². The summed E-state index contributed by atoms with van der Waals surface area (Å²) < 4.78 is 40.4. The second-order valence-corrected chi connectivity index (χ2v) is 4.72. The number of alkyl halides is 1. The zero-order valence-corrected chi connectivity index (χ0v) is 10.8. The van der Waals surface area contributed by atoms with Crippen molar-refractivity contribution in [3.8, 4) is 0 Å². The van der Waals surface area contributed by atoms with Gasteiger partial charge in [-0.15, -0.1) is 0 Å². The Morgan fingerprint density at radius 2 is 2.30 bits per heavy atom. The number of hydrogen-bond acceptors (Lipinski definition) is 4. The van der Waals surface area contributed by atoms with Gasteiger partial charge in [0.25, 0.3) is 0 Å². The number of nitrogens with zero attached hydrogens (tertiary/aromatic N) is 2. The monoisotopic (exact) mass is 293 g/mol. The Bertz CT molecular complexity index is 819. The molecule has 0 amide bonds. The molecule has 0 saturated carbocycles. The summed E-state index contributed by atoms with van der Waals surface area (Å²) in [5, 5.41) is 9.82. The number of thioether (sulfide) groups is 1. The molecule has 20 heavy (non-hydrogen) atoms. The van der Waals surface area contributed by atoms with E-state index in [0.717, 1.165) is 11.6 Å². The van der Waals surface area contributed by atoms with E-state index in [1.807, 2.05) is 6.07 Å². The number of H-pyrrole nitrogens is 1. The molecule has 102 valence electrons. The molecule has 0 bridgehead atoms. The van der Waals surface area contributed by atoms with Crippen LogP contribution in [0.15, 0.2) is 41.4 Å². The number of benzene rings is 1. The maximum absolute atomic E-state index is 13.6. The first-order valence-electron chi connectivity index (χ1n) is 6.66. The average Bonchev–Trinajstić information content (AvgIpc) is 2.85. The first-order chi connectivity index (χ1) is 10.4. The van der Waals surface area contributed by atoms with Gasteiger partial charge in [0.1, 0.15) is 17.3 Å². The van der Waals surface area contributed by atoms with Crippen LogP contribution in [0.2, 0.25) is 0 Å². The van der Waals surface area contributed by atoms with Crippen LogP contribution in [-0.2, 0) is 0 Å². The summed E-state index contributed by atoms with van der Waals surface area (Å²) >= 11 is 0.166. The lowest BCUT2D eigenvalue weighted by Gasteiger charge is -2.06. The Morgan fingerprint density at radius 1 is 1.40 bits per heavy atom. The summed E-state index contributed by atoms with van der Waals surface area (Å²) in [6.07, 6.45) is 1.62. The van der Waals surface area contributed by atoms with Gasteiger partial charge in [-0.1, -0.05) is 11.8 Å². The van der Waals surface area contributed by atoms with E-state index in [9.17, 15) is 8.78 Å². The molecule has 0 fully saturated rings. The number of pyridine rings is 1. The standard InChI is InChI=1S/C13H10F2N4S/c14-7-20-11-6-8(3-4-9(11)15)17-13-12-10(18-19-13)2-1-5-16-12/h1-6H,7H2,(H2,17,18,19)/i7D2,14-1. The molecule has 2 N–H and O–H groups in total. The third-order valence-corrected chi connectivity index (χ3v) is 3.27. The van der Waals surface area contributed by atoms with Crippen molar-refractivity contribution in [2.45, 2.75) is 4.90 Å². The molecule has 3 rings (SSSR count). The van der Waals surface area contributed by atoms with E-state index in [-0.39, 0.29) is 16.7 Å². The predicted octanol–water partition coefficient (Wildman–Crippen LogP) is 3.86. The summed E-state index contributed by atoms with van der Waals surface area (Å²) in [5.41, 5.74) is 1.80. The molecule has 7 heteroatoms. The van der Waals surface area contributed by atoms with Crippen LogP contribution in [0.1, 0.15) is 2.74 Å². The number of aromatic amines is 1. The van der Waals surface area contributed by atoms with E-state index in [0.29, 0.717) is 17.0 Å². The van der Waals surface area contributed by atoms with Crippen molar-refractivity contribution in [1.82, 2.24) is 15.2 Å². The van der Waals surface area contributed by atoms with Crippen LogP contribution in [-0.4, -0.2) is 21.1 Å². The first-order valence-corrected chi connectivity index (χ1v) is 6.48. The van der Waals surface area contributed by atoms with E-state index in [1.54, 1.807) is 12.3 Å². The number of hydrogen-bond donors (Lipinski definition) is 2. The lowest BCUT2D eigenvalue weighted by molar-refractivity contribution is 0.590. The van der Waals surface area contributed by atoms with Gasteiger partial charge in [0.15, 0.2) is 5.82 Å². The highest BCUT2D eigenvalue weighted by atomic mass is 32.2. The number of anilines is 2. The maximum Gasteiger partial charge on any atom is 0.178 e. The lowest BCUT2D eigenvalue weighted by atomic mass is 10.3. The molecule has 2 aromatic heterocycles. The average molecular weight is 293 g/mol. The Morgan fingerprint density at radius 3 is 3.15 bits per heavy atom. The van der Waals surface area contributed by atoms with Crippen molar-refractivity contribution in [3.63, 3.8) is 0 Å². The van der Waals surface area contributed by atoms with Gasteiger partial charge < -0.3 is 5.32 Å². The molecule has 3 aromatic rings. The number of nitrogens with one attached hydrogen (secondary N) is 2. The Hall–Kier alpha value is -2.15. The summed E-state index contributed by atoms with van der Waals surface area (Å²) in [5.74, 6) is -3.30. The second-order valence-electron chi connectivity index (χ2n) is 3.92. The normalized spacial score (nSPS) is 13.1. The van der Waals surface area contributed by atoms with Crippen molar-refractivity contribution in [1.29, 1.82) is 0 Å². The smallest absolute Gasteiger partial charge is 0.178 e. The highest BCUT2D eigenvalue weighted by Crippen LogP contribution is 2.28. The van der Waals surface area contributed by atoms with Crippen molar-refractivity contribution in [2.24, 2.45) is 0 Å². The third kappa shape index (κ3) is 2.44. The second kappa shape index (κ2) is 5.46. The van der Waals surface area contributed by atoms with E-state index in [4.69, 9.17) is 2.74 Å². The quantitative estimate of drug-likeness (QED) is 0.717. The van der Waals surface area contributed by atoms with Gasteiger partial charge in [-0.25, -0.2) is 8.78 Å². The molecule has 0 aliphatic carbocycles. The van der Waals surface area contributed by atoms with Crippen molar-refractivity contribution < 1.29 is 11.5 Å². The van der Waals surface area contributed by atoms with E-state index >= 15 is 0 Å². The molecular weight excluding hydrogens is 281 g/mol. The first kappa shape index (κ1) is 10.6. The molecule has 0 aliphatic heterocycles. The molecule has 0 radical (unpaired) electrons. The van der Waals surface area contributed by atoms with Gasteiger partial charge in [0, 0.05) is 16.8 Å². The van der Waals surface area contributed by atoms with Gasteiger partial charge in [-0.2, -0.15) is 5.10 Å². The van der Waals surface area contributed by atoms with Gasteiger partial charge in [0.05, 0.1) is 8.26 Å². The molecule has 0 aliphatic rings. The van der Waals surface area contributed by atoms with Crippen molar-refractivity contribution in [3.05, 3.63) is 42.3 Å². The summed E-state index contributed by atoms with van der Waals surface area (Å²) in [6.45, 7) is 0. The highest BCUT2D eigenvalue weighted by Gasteiger charge is 2.09. The fourth-order valence-electron chi connectivity index (χ4n) is 1.78. The van der Waals surface area contributed by atoms with Gasteiger partial charge >= 0.3 is 0 Å². The summed E-state index contributed by atoms with van der Waals surface area (Å²) in [4.78, 5) is 4.05. The molecule has 0 unspecified atom stereocenters. The number of rotatable bonds is 4. The summed E-state index contributed by atoms with van der Waals surface area (Å²) in [7, 11) is 0. The largest absolute Gasteiger partial charge is 0.337 e. The zero-order chi connectivity index (χ0) is 15.7. The fourth-order valence-corrected chi connectivity index (χ4v) is 2.21. The summed E-state index contributed by atoms with van der Waals surface area (Å²) in [6, 6.07) is 7.49. The van der Waals surface area contributed by atoms with Crippen LogP contribution >= 0.6 is 11.8 Å². The fraction of sp³-hybridized carbons (Fsp3) is 0.0769. The molecule has 4 nitrogen and oxygen atoms in total. The van der Waals surface area contributed by atoms with Crippen LogP contribution in [0, 0.1) is 5.82 Å². The minimum absolute atomic E-state index is 0.134. The van der Waals surface area contributed by atoms with E-state index in [1.165, 1.54) is 12.1 Å². The molecular formula is C13H10F2N4S. The predicted molar refractivity (Wildman–Crippen MR) is 75.4 cm³/mol. The molecule has 0 saturated heterocycles. The zero-order valence-electron chi connectivity index (χ0n) is 12.0. The van der Waals surface area contributed by atoms with Gasteiger partial charge in [-0.3, -0.25) is 10.1 Å². The number of aromatic nitrogens is 3. The topological polar surface area (TPSA) is 53.6 Å². The van der Waals surface area contributed by atoms with Crippen LogP contribution in [0.4, 0.5) is 20.3 Å². The molecule has 1 aromatic carbocycles. The molecule has 0 atom stereocenters. The van der Waals surface area contributed by atoms with Crippen LogP contribution in [0.3, 0.4) is 0 Å². The van der Waals surface area contributed by atoms with Gasteiger partial charge in [0.2, 0.25) is 0 Å². The van der Waals surface area contributed by atoms with Crippen LogP contribution in [0.5, 0.6) is 0 Å². The van der Waals surface area contributed by atoms with Crippen molar-refractivity contribution in [2.75, 3.05) is 11.3 Å². The molecule has 0 spiro atoms. The minimum Gasteiger partial charge on any atom is -0.337 e. The lowest BCUT2D eigenvalue weighted by Crippen LogP contribution is -1.93. The Balaban J connectivity index is 1.91. The van der Waals surface area contributed by atoms with Crippen LogP contribution in [0.25, 0.3) is 11.0 Å². The molecule has 2 heterocycles. The van der Waals surface area contributed by atoms with E-state index < -0.39 is 11.8 Å². The van der Waals surface area contributed by atoms with Gasteiger partial charge in [-0.05, 0) is 30.3 Å². The van der Waals surface area contributed by atoms with Crippen LogP contribution < -0.4 is 5.32 Å². The maximum atomic E-state index is 13.6. The van der Waals surface area contributed by atoms with E-state index in [2.05, 4.69) is 20.5 Å². The number of fused-ring (bicyclic) bond motifs is 1. The minimum atomic E-state index is -3.06. The Labute approximate surface area is 120 Å². The Kier molecular flexibility index (Phi) is 2.90.